The molecule has 1 aromatic carbocycles. The minimum atomic E-state index is -1.22. The molecule has 2 rings (SSSR count). The molecule has 1 aromatic rings. The minimum absolute atomic E-state index is 0.251. The second-order valence-electron chi connectivity index (χ2n) is 5.94. The molecule has 1 amide bonds. The number of halogens is 1. The summed E-state index contributed by atoms with van der Waals surface area (Å²) in [5.41, 5.74) is -0.0356. The number of alkyl halides is 1. The number of esters is 1. The molecule has 1 N–H and O–H groups in total. The average molecular weight is 370 g/mol. The van der Waals surface area contributed by atoms with Crippen LogP contribution in [0.1, 0.15) is 36.2 Å². The maximum absolute atomic E-state index is 12.4. The van der Waals surface area contributed by atoms with E-state index in [4.69, 9.17) is 9.47 Å². The van der Waals surface area contributed by atoms with E-state index in [1.807, 2.05) is 19.9 Å². The molecule has 0 bridgehead atoms. The maximum atomic E-state index is 12.4. The van der Waals surface area contributed by atoms with Gasteiger partial charge in [-0.3, -0.25) is 9.59 Å². The fourth-order valence-corrected chi connectivity index (χ4v) is 3.23. The molecule has 1 heterocycles. The van der Waals surface area contributed by atoms with E-state index in [9.17, 15) is 9.59 Å². The van der Waals surface area contributed by atoms with Gasteiger partial charge in [0.2, 0.25) is 0 Å². The van der Waals surface area contributed by atoms with Crippen molar-refractivity contribution in [1.29, 1.82) is 0 Å². The first-order valence-corrected chi connectivity index (χ1v) is 7.78. The number of carbonyl (C=O) groups excluding carboxylic acids is 2. The lowest BCUT2D eigenvalue weighted by Gasteiger charge is -2.37. The molecule has 6 heteroatoms. The van der Waals surface area contributed by atoms with Crippen LogP contribution in [0.25, 0.3) is 0 Å². The molecular formula is C16H20BrNO4. The van der Waals surface area contributed by atoms with E-state index in [1.165, 1.54) is 14.2 Å². The first-order chi connectivity index (χ1) is 10.2. The third-order valence-electron chi connectivity index (χ3n) is 3.86. The van der Waals surface area contributed by atoms with Crippen molar-refractivity contribution in [2.24, 2.45) is 5.92 Å². The van der Waals surface area contributed by atoms with Crippen LogP contribution >= 0.6 is 15.9 Å². The molecule has 0 unspecified atom stereocenters. The molecule has 0 saturated heterocycles. The Morgan fingerprint density at radius 2 is 2.00 bits per heavy atom. The van der Waals surface area contributed by atoms with Crippen LogP contribution in [0.15, 0.2) is 24.3 Å². The Morgan fingerprint density at radius 3 is 2.55 bits per heavy atom. The zero-order valence-electron chi connectivity index (χ0n) is 13.1. The van der Waals surface area contributed by atoms with Crippen LogP contribution in [0.4, 0.5) is 0 Å². The van der Waals surface area contributed by atoms with Gasteiger partial charge in [-0.25, -0.2) is 0 Å². The van der Waals surface area contributed by atoms with Gasteiger partial charge in [0.1, 0.15) is 5.92 Å². The Hall–Kier alpha value is -1.40. The molecule has 0 aromatic heterocycles. The predicted molar refractivity (Wildman–Crippen MR) is 85.7 cm³/mol. The van der Waals surface area contributed by atoms with Crippen LogP contribution in [0.2, 0.25) is 0 Å². The van der Waals surface area contributed by atoms with Crippen molar-refractivity contribution in [2.75, 3.05) is 14.2 Å². The van der Waals surface area contributed by atoms with Crippen LogP contribution in [0.3, 0.4) is 0 Å². The van der Waals surface area contributed by atoms with E-state index in [2.05, 4.69) is 21.2 Å². The molecule has 1 aliphatic heterocycles. The summed E-state index contributed by atoms with van der Waals surface area (Å²) in [5.74, 6) is -1.35. The normalized spacial score (nSPS) is 22.0. The molecule has 0 radical (unpaired) electrons. The van der Waals surface area contributed by atoms with Crippen LogP contribution in [-0.4, -0.2) is 30.4 Å². The van der Waals surface area contributed by atoms with Crippen molar-refractivity contribution in [1.82, 2.24) is 5.32 Å². The van der Waals surface area contributed by atoms with E-state index < -0.39 is 17.6 Å². The van der Waals surface area contributed by atoms with Gasteiger partial charge < -0.3 is 14.8 Å². The van der Waals surface area contributed by atoms with Crippen molar-refractivity contribution < 1.29 is 19.1 Å². The monoisotopic (exact) mass is 369 g/mol. The first kappa shape index (κ1) is 17.0. The topological polar surface area (TPSA) is 64.6 Å². The summed E-state index contributed by atoms with van der Waals surface area (Å²) in [7, 11) is 2.82. The second-order valence-corrected chi connectivity index (χ2v) is 8.08. The number of hydrogen-bond acceptors (Lipinski definition) is 4. The van der Waals surface area contributed by atoms with Crippen molar-refractivity contribution in [3.05, 3.63) is 35.4 Å². The van der Waals surface area contributed by atoms with Gasteiger partial charge in [0.05, 0.1) is 7.11 Å². The third kappa shape index (κ3) is 2.90. The summed E-state index contributed by atoms with van der Waals surface area (Å²) >= 11 is 3.56. The summed E-state index contributed by atoms with van der Waals surface area (Å²) in [6.07, 6.45) is 0.433. The Balaban J connectivity index is 2.57. The Labute approximate surface area is 138 Å². The number of methoxy groups -OCH3 is 2. The lowest BCUT2D eigenvalue weighted by Crippen LogP contribution is -2.52. The zero-order chi connectivity index (χ0) is 16.5. The number of ether oxygens (including phenoxy) is 2. The first-order valence-electron chi connectivity index (χ1n) is 6.99. The van der Waals surface area contributed by atoms with Gasteiger partial charge in [0.25, 0.3) is 5.91 Å². The molecule has 22 heavy (non-hydrogen) atoms. The lowest BCUT2D eigenvalue weighted by atomic mass is 9.83. The molecule has 0 spiro atoms. The lowest BCUT2D eigenvalue weighted by molar-refractivity contribution is -0.163. The summed E-state index contributed by atoms with van der Waals surface area (Å²) in [4.78, 5) is 24.6. The van der Waals surface area contributed by atoms with Gasteiger partial charge in [-0.15, -0.1) is 0 Å². The predicted octanol–water partition coefficient (Wildman–Crippen LogP) is 2.58. The molecule has 5 nitrogen and oxygen atoms in total. The Morgan fingerprint density at radius 1 is 1.36 bits per heavy atom. The molecule has 1 aliphatic rings. The average Bonchev–Trinajstić information content (AvgIpc) is 2.77. The number of nitrogens with one attached hydrogen (secondary N) is 1. The van der Waals surface area contributed by atoms with Gasteiger partial charge in [-0.05, 0) is 12.5 Å². The number of hydrogen-bond donors (Lipinski definition) is 1. The Bertz CT molecular complexity index is 596. The van der Waals surface area contributed by atoms with E-state index in [0.717, 1.165) is 0 Å². The number of benzene rings is 1. The molecule has 2 atom stereocenters. The second kappa shape index (κ2) is 6.01. The highest BCUT2D eigenvalue weighted by Gasteiger charge is 2.53. The van der Waals surface area contributed by atoms with Gasteiger partial charge in [-0.1, -0.05) is 48.0 Å². The highest BCUT2D eigenvalue weighted by atomic mass is 79.9. The summed E-state index contributed by atoms with van der Waals surface area (Å²) in [6.45, 7) is 3.91. The van der Waals surface area contributed by atoms with Gasteiger partial charge in [0.15, 0.2) is 5.72 Å². The van der Waals surface area contributed by atoms with Crippen LogP contribution in [-0.2, 0) is 20.0 Å². The smallest absolute Gasteiger partial charge is 0.314 e. The molecular weight excluding hydrogens is 350 g/mol. The van der Waals surface area contributed by atoms with Gasteiger partial charge >= 0.3 is 5.97 Å². The van der Waals surface area contributed by atoms with Crippen LogP contribution in [0, 0.1) is 5.92 Å². The minimum Gasteiger partial charge on any atom is -0.469 e. The number of amides is 1. The molecule has 0 saturated carbocycles. The van der Waals surface area contributed by atoms with Crippen molar-refractivity contribution in [3.8, 4) is 0 Å². The number of fused-ring (bicyclic) bond motifs is 1. The van der Waals surface area contributed by atoms with Crippen molar-refractivity contribution in [3.63, 3.8) is 0 Å². The Kier molecular flexibility index (Phi) is 4.63. The van der Waals surface area contributed by atoms with E-state index in [1.54, 1.807) is 18.2 Å². The van der Waals surface area contributed by atoms with Crippen LogP contribution < -0.4 is 5.32 Å². The van der Waals surface area contributed by atoms with Gasteiger partial charge in [0, 0.05) is 22.6 Å². The SMILES string of the molecule is COC(=O)[C@@H](CC(C)(C)Br)[C@@]1(OC)NC(=O)c2ccccc21. The molecule has 0 fully saturated rings. The van der Waals surface area contributed by atoms with E-state index >= 15 is 0 Å². The number of rotatable bonds is 5. The maximum Gasteiger partial charge on any atom is 0.314 e. The largest absolute Gasteiger partial charge is 0.469 e. The highest BCUT2D eigenvalue weighted by Crippen LogP contribution is 2.43. The summed E-state index contributed by atoms with van der Waals surface area (Å²) in [6, 6.07) is 7.12. The summed E-state index contributed by atoms with van der Waals surface area (Å²) < 4.78 is 10.3. The third-order valence-corrected chi connectivity index (χ3v) is 4.18. The highest BCUT2D eigenvalue weighted by molar-refractivity contribution is 9.10. The standard InChI is InChI=1S/C16H20BrNO4/c1-15(2,17)9-12(14(20)21-3)16(22-4)11-8-6-5-7-10(11)13(19)18-16/h5-8,12H,9H2,1-4H3,(H,18,19)/t12-,16-/m1/s1. The van der Waals surface area contributed by atoms with Gasteiger partial charge in [-0.2, -0.15) is 0 Å². The van der Waals surface area contributed by atoms with Crippen molar-refractivity contribution >= 4 is 27.8 Å². The zero-order valence-corrected chi connectivity index (χ0v) is 14.7. The van der Waals surface area contributed by atoms with E-state index in [-0.39, 0.29) is 10.2 Å². The molecule has 0 aliphatic carbocycles. The fraction of sp³-hybridized carbons (Fsp3) is 0.500. The van der Waals surface area contributed by atoms with Crippen molar-refractivity contribution in [2.45, 2.75) is 30.3 Å². The summed E-state index contributed by atoms with van der Waals surface area (Å²) in [5, 5.41) is 2.84. The molecule has 120 valence electrons. The van der Waals surface area contributed by atoms with Crippen LogP contribution in [0.5, 0.6) is 0 Å². The van der Waals surface area contributed by atoms with E-state index in [0.29, 0.717) is 17.5 Å². The number of carbonyl (C=O) groups is 2. The fourth-order valence-electron chi connectivity index (χ4n) is 2.91. The quantitative estimate of drug-likeness (QED) is 0.639.